The van der Waals surface area contributed by atoms with E-state index in [2.05, 4.69) is 81.6 Å². The molecule has 2 unspecified atom stereocenters. The topological polar surface area (TPSA) is 94.3 Å². The van der Waals surface area contributed by atoms with Crippen molar-refractivity contribution in [1.29, 1.82) is 0 Å². The third kappa shape index (κ3) is 5.33. The maximum absolute atomic E-state index is 8.67. The second kappa shape index (κ2) is 10.4. The van der Waals surface area contributed by atoms with E-state index >= 15 is 0 Å². The van der Waals surface area contributed by atoms with Gasteiger partial charge in [0.15, 0.2) is 0 Å². The fourth-order valence-corrected chi connectivity index (χ4v) is 4.86. The van der Waals surface area contributed by atoms with Crippen LogP contribution in [0, 0.1) is 0 Å². The molecule has 2 aliphatic heterocycles. The summed E-state index contributed by atoms with van der Waals surface area (Å²) in [6.45, 7) is 3.22. The predicted octanol–water partition coefficient (Wildman–Crippen LogP) is 2.94. The number of amides is 1. The monoisotopic (exact) mass is 429 g/mol. The molecule has 6 heteroatoms. The first kappa shape index (κ1) is 22.0. The SMILES string of the molecule is NC(=O)[O-].c1cc(C2NCCc3ccccc32)cc(C2CCCN2Cc2ccncc2)c1. The number of hydrogen-bond donors (Lipinski definition) is 2. The number of nitrogens with two attached hydrogens (primary N) is 1. The molecule has 2 aliphatic rings. The number of carbonyl (C=O) groups is 1. The molecule has 5 rings (SSSR count). The molecule has 0 radical (unpaired) electrons. The first-order chi connectivity index (χ1) is 15.6. The Morgan fingerprint density at radius 2 is 1.84 bits per heavy atom. The summed E-state index contributed by atoms with van der Waals surface area (Å²) in [5.41, 5.74) is 11.0. The zero-order valence-electron chi connectivity index (χ0n) is 18.1. The van der Waals surface area contributed by atoms with Crippen molar-refractivity contribution >= 4 is 6.09 Å². The molecule has 0 spiro atoms. The Labute approximate surface area is 189 Å². The van der Waals surface area contributed by atoms with E-state index < -0.39 is 6.09 Å². The van der Waals surface area contributed by atoms with Gasteiger partial charge in [0.25, 0.3) is 0 Å². The van der Waals surface area contributed by atoms with E-state index in [1.54, 1.807) is 0 Å². The van der Waals surface area contributed by atoms with Gasteiger partial charge in [0.05, 0.1) is 6.04 Å². The molecular formula is C26H29N4O2-. The molecule has 1 fully saturated rings. The molecule has 2 atom stereocenters. The number of aromatic nitrogens is 1. The molecule has 32 heavy (non-hydrogen) atoms. The van der Waals surface area contributed by atoms with Crippen LogP contribution in [0.2, 0.25) is 0 Å². The van der Waals surface area contributed by atoms with Crippen LogP contribution >= 0.6 is 0 Å². The molecule has 1 amide bonds. The van der Waals surface area contributed by atoms with Gasteiger partial charge >= 0.3 is 0 Å². The van der Waals surface area contributed by atoms with E-state index in [-0.39, 0.29) is 0 Å². The molecule has 0 bridgehead atoms. The minimum Gasteiger partial charge on any atom is -0.530 e. The molecule has 166 valence electrons. The molecule has 2 aromatic carbocycles. The minimum atomic E-state index is -1.58. The molecule has 0 saturated carbocycles. The largest absolute Gasteiger partial charge is 0.530 e. The summed E-state index contributed by atoms with van der Waals surface area (Å²) < 4.78 is 0. The lowest BCUT2D eigenvalue weighted by Crippen LogP contribution is -2.30. The predicted molar refractivity (Wildman–Crippen MR) is 123 cm³/mol. The summed E-state index contributed by atoms with van der Waals surface area (Å²) in [5, 5.41) is 12.4. The van der Waals surface area contributed by atoms with Crippen LogP contribution in [0.3, 0.4) is 0 Å². The smallest absolute Gasteiger partial charge is 0.131 e. The Balaban J connectivity index is 0.000000567. The van der Waals surface area contributed by atoms with E-state index in [0.717, 1.165) is 19.5 Å². The Kier molecular flexibility index (Phi) is 7.14. The molecule has 0 aliphatic carbocycles. The highest BCUT2D eigenvalue weighted by atomic mass is 16.4. The van der Waals surface area contributed by atoms with Crippen LogP contribution in [0.15, 0.2) is 73.1 Å². The Hall–Kier alpha value is -3.22. The van der Waals surface area contributed by atoms with Crippen molar-refractivity contribution in [2.75, 3.05) is 13.1 Å². The number of nitrogens with one attached hydrogen (secondary N) is 1. The van der Waals surface area contributed by atoms with Gasteiger partial charge in [-0.25, -0.2) is 0 Å². The lowest BCUT2D eigenvalue weighted by Gasteiger charge is -2.29. The van der Waals surface area contributed by atoms with Crippen LogP contribution in [-0.4, -0.2) is 29.1 Å². The van der Waals surface area contributed by atoms with Gasteiger partial charge in [-0.3, -0.25) is 9.88 Å². The summed E-state index contributed by atoms with van der Waals surface area (Å²) in [6.07, 6.45) is 5.84. The number of benzene rings is 2. The van der Waals surface area contributed by atoms with Crippen LogP contribution in [0.25, 0.3) is 0 Å². The van der Waals surface area contributed by atoms with Crippen molar-refractivity contribution in [2.24, 2.45) is 5.73 Å². The number of fused-ring (bicyclic) bond motifs is 1. The molecule has 6 nitrogen and oxygen atoms in total. The third-order valence-corrected chi connectivity index (χ3v) is 6.24. The molecule has 3 N–H and O–H groups in total. The van der Waals surface area contributed by atoms with Gasteiger partial charge in [-0.1, -0.05) is 48.5 Å². The summed E-state index contributed by atoms with van der Waals surface area (Å²) in [6, 6.07) is 23.2. The van der Waals surface area contributed by atoms with Crippen LogP contribution in [-0.2, 0) is 13.0 Å². The Morgan fingerprint density at radius 3 is 2.66 bits per heavy atom. The zero-order valence-corrected chi connectivity index (χ0v) is 18.1. The second-order valence-corrected chi connectivity index (χ2v) is 8.31. The number of pyridine rings is 1. The molecule has 1 aromatic heterocycles. The van der Waals surface area contributed by atoms with Crippen molar-refractivity contribution < 1.29 is 9.90 Å². The van der Waals surface area contributed by atoms with Gasteiger partial charge in [-0.15, -0.1) is 0 Å². The molecule has 3 heterocycles. The number of carboxylic acid groups (broad SMARTS) is 1. The maximum Gasteiger partial charge on any atom is 0.131 e. The fraction of sp³-hybridized carbons (Fsp3) is 0.308. The fourth-order valence-electron chi connectivity index (χ4n) is 4.86. The zero-order chi connectivity index (χ0) is 22.3. The molecule has 1 saturated heterocycles. The highest BCUT2D eigenvalue weighted by molar-refractivity contribution is 5.58. The normalized spacial score (nSPS) is 20.1. The summed E-state index contributed by atoms with van der Waals surface area (Å²) in [5.74, 6) is 0. The Morgan fingerprint density at radius 1 is 1.09 bits per heavy atom. The lowest BCUT2D eigenvalue weighted by atomic mass is 9.88. The van der Waals surface area contributed by atoms with E-state index in [1.807, 2.05) is 12.4 Å². The van der Waals surface area contributed by atoms with Gasteiger partial charge in [-0.2, -0.15) is 0 Å². The van der Waals surface area contributed by atoms with E-state index in [1.165, 1.54) is 47.2 Å². The molecular weight excluding hydrogens is 400 g/mol. The van der Waals surface area contributed by atoms with Crippen molar-refractivity contribution in [2.45, 2.75) is 37.9 Å². The van der Waals surface area contributed by atoms with Gasteiger partial charge in [0.2, 0.25) is 0 Å². The van der Waals surface area contributed by atoms with Crippen molar-refractivity contribution in [3.63, 3.8) is 0 Å². The van der Waals surface area contributed by atoms with Crippen LogP contribution in [0.5, 0.6) is 0 Å². The highest BCUT2D eigenvalue weighted by Crippen LogP contribution is 2.36. The first-order valence-corrected chi connectivity index (χ1v) is 11.1. The van der Waals surface area contributed by atoms with E-state index in [9.17, 15) is 0 Å². The summed E-state index contributed by atoms with van der Waals surface area (Å²) >= 11 is 0. The number of carbonyl (C=O) groups excluding carboxylic acids is 1. The Bertz CT molecular complexity index is 1040. The van der Waals surface area contributed by atoms with Crippen LogP contribution < -0.4 is 16.2 Å². The lowest BCUT2D eigenvalue weighted by molar-refractivity contribution is -0.245. The number of rotatable bonds is 4. The quantitative estimate of drug-likeness (QED) is 0.665. The average Bonchev–Trinajstić information content (AvgIpc) is 3.27. The summed E-state index contributed by atoms with van der Waals surface area (Å²) in [4.78, 5) is 15.4. The molecule has 3 aromatic rings. The standard InChI is InChI=1S/C25H27N3.CH3NO2/c1-2-8-23-20(5-1)12-15-27-25(23)22-7-3-6-21(17-22)24-9-4-16-28(24)18-19-10-13-26-14-11-19;2-1(3)4/h1-3,5-8,10-11,13-14,17,24-25,27H,4,9,12,15-16,18H2;2H2,(H,3,4)/p-1. The van der Waals surface area contributed by atoms with E-state index in [0.29, 0.717) is 12.1 Å². The maximum atomic E-state index is 8.67. The highest BCUT2D eigenvalue weighted by Gasteiger charge is 2.27. The van der Waals surface area contributed by atoms with Crippen molar-refractivity contribution in [1.82, 2.24) is 15.2 Å². The number of likely N-dealkylation sites (tertiary alicyclic amines) is 1. The minimum absolute atomic E-state index is 0.306. The second-order valence-electron chi connectivity index (χ2n) is 8.31. The van der Waals surface area contributed by atoms with Gasteiger partial charge in [-0.05, 0) is 65.8 Å². The number of hydrogen-bond acceptors (Lipinski definition) is 5. The number of primary amides is 1. The van der Waals surface area contributed by atoms with E-state index in [4.69, 9.17) is 9.90 Å². The number of nitrogens with zero attached hydrogens (tertiary/aromatic N) is 2. The van der Waals surface area contributed by atoms with Crippen molar-refractivity contribution in [3.8, 4) is 0 Å². The van der Waals surface area contributed by atoms with Crippen molar-refractivity contribution in [3.05, 3.63) is 101 Å². The van der Waals surface area contributed by atoms with Crippen LogP contribution in [0.1, 0.15) is 52.7 Å². The summed E-state index contributed by atoms with van der Waals surface area (Å²) in [7, 11) is 0. The van der Waals surface area contributed by atoms with Gasteiger partial charge < -0.3 is 21.0 Å². The van der Waals surface area contributed by atoms with Gasteiger partial charge in [0, 0.05) is 31.5 Å². The first-order valence-electron chi connectivity index (χ1n) is 11.1. The third-order valence-electron chi connectivity index (χ3n) is 6.24. The average molecular weight is 430 g/mol. The van der Waals surface area contributed by atoms with Gasteiger partial charge in [0.1, 0.15) is 6.09 Å². The van der Waals surface area contributed by atoms with Crippen LogP contribution in [0.4, 0.5) is 4.79 Å².